The summed E-state index contributed by atoms with van der Waals surface area (Å²) in [4.78, 5) is 0. The molecule has 0 amide bonds. The molecule has 4 rings (SSSR count). The summed E-state index contributed by atoms with van der Waals surface area (Å²) in [7, 11) is 0. The molecule has 4 aromatic carbocycles. The summed E-state index contributed by atoms with van der Waals surface area (Å²) < 4.78 is 5.42. The van der Waals surface area contributed by atoms with Crippen LogP contribution in [0.5, 0.6) is 0 Å². The molecule has 0 unspecified atom stereocenters. The van der Waals surface area contributed by atoms with E-state index in [2.05, 4.69) is 72.8 Å². The molecule has 0 saturated heterocycles. The molecule has 0 saturated carbocycles. The van der Waals surface area contributed by atoms with Crippen molar-refractivity contribution in [1.82, 2.24) is 0 Å². The van der Waals surface area contributed by atoms with Crippen molar-refractivity contribution in [3.8, 4) is 11.1 Å². The van der Waals surface area contributed by atoms with Gasteiger partial charge in [-0.2, -0.15) is 0 Å². The van der Waals surface area contributed by atoms with Gasteiger partial charge < -0.3 is 0 Å². The summed E-state index contributed by atoms with van der Waals surface area (Å²) >= 11 is 12.5. The van der Waals surface area contributed by atoms with Crippen LogP contribution < -0.4 is 17.8 Å². The standard InChI is InChI=1S/C24H16Cl2Se2/c25-17-9-13-19(14-10-17)27-23-7-3-1-5-21(23)22-6-2-4-8-24(22)28-20-15-11-18(26)12-16-20/h1-16H. The predicted octanol–water partition coefficient (Wildman–Crippen LogP) is 3.97. The third-order valence-electron chi connectivity index (χ3n) is 4.15. The van der Waals surface area contributed by atoms with E-state index >= 15 is 0 Å². The quantitative estimate of drug-likeness (QED) is 0.341. The van der Waals surface area contributed by atoms with Crippen molar-refractivity contribution < 1.29 is 0 Å². The second kappa shape index (κ2) is 9.33. The van der Waals surface area contributed by atoms with Gasteiger partial charge in [-0.25, -0.2) is 0 Å². The van der Waals surface area contributed by atoms with Crippen molar-refractivity contribution in [2.75, 3.05) is 0 Å². The summed E-state index contributed by atoms with van der Waals surface area (Å²) in [5.41, 5.74) is 2.65. The van der Waals surface area contributed by atoms with Gasteiger partial charge >= 0.3 is 189 Å². The summed E-state index contributed by atoms with van der Waals surface area (Å²) in [6.07, 6.45) is 0. The molecule has 0 aromatic heterocycles. The van der Waals surface area contributed by atoms with E-state index in [0.717, 1.165) is 10.0 Å². The second-order valence-electron chi connectivity index (χ2n) is 6.10. The van der Waals surface area contributed by atoms with Gasteiger partial charge in [-0.05, 0) is 0 Å². The molecule has 0 bridgehead atoms. The Morgan fingerprint density at radius 3 is 1.18 bits per heavy atom. The maximum absolute atomic E-state index is 6.05. The first-order chi connectivity index (χ1) is 13.7. The Kier molecular flexibility index (Phi) is 6.60. The van der Waals surface area contributed by atoms with Gasteiger partial charge in [-0.3, -0.25) is 0 Å². The average molecular weight is 533 g/mol. The van der Waals surface area contributed by atoms with Crippen LogP contribution >= 0.6 is 23.2 Å². The molecule has 0 heterocycles. The van der Waals surface area contributed by atoms with Crippen molar-refractivity contribution in [3.63, 3.8) is 0 Å². The fourth-order valence-corrected chi connectivity index (χ4v) is 7.10. The van der Waals surface area contributed by atoms with Gasteiger partial charge in [0.05, 0.1) is 0 Å². The first-order valence-corrected chi connectivity index (χ1v) is 12.9. The predicted molar refractivity (Wildman–Crippen MR) is 125 cm³/mol. The molecule has 0 aliphatic carbocycles. The number of rotatable bonds is 5. The molecular formula is C24H16Cl2Se2. The van der Waals surface area contributed by atoms with E-state index in [0.29, 0.717) is 0 Å². The Hall–Kier alpha value is -1.50. The van der Waals surface area contributed by atoms with E-state index in [1.165, 1.54) is 29.0 Å². The Balaban J connectivity index is 1.69. The molecule has 0 aliphatic rings. The van der Waals surface area contributed by atoms with Crippen LogP contribution in [-0.2, 0) is 0 Å². The van der Waals surface area contributed by atoms with E-state index < -0.39 is 0 Å². The fourth-order valence-electron chi connectivity index (χ4n) is 2.82. The normalized spacial score (nSPS) is 10.8. The monoisotopic (exact) mass is 534 g/mol. The van der Waals surface area contributed by atoms with E-state index in [-0.39, 0.29) is 29.9 Å². The molecule has 4 aromatic rings. The Morgan fingerprint density at radius 2 is 0.786 bits per heavy atom. The van der Waals surface area contributed by atoms with Gasteiger partial charge in [0.2, 0.25) is 0 Å². The van der Waals surface area contributed by atoms with Crippen LogP contribution in [0.25, 0.3) is 11.1 Å². The minimum absolute atomic E-state index is 0.224. The van der Waals surface area contributed by atoms with Gasteiger partial charge in [-0.15, -0.1) is 0 Å². The topological polar surface area (TPSA) is 0 Å². The summed E-state index contributed by atoms with van der Waals surface area (Å²) in [5.74, 6) is 0. The van der Waals surface area contributed by atoms with Crippen LogP contribution in [0, 0.1) is 0 Å². The molecule has 4 heteroatoms. The van der Waals surface area contributed by atoms with Crippen molar-refractivity contribution in [2.45, 2.75) is 0 Å². The van der Waals surface area contributed by atoms with E-state index in [9.17, 15) is 0 Å². The number of halogens is 2. The van der Waals surface area contributed by atoms with E-state index in [4.69, 9.17) is 23.2 Å². The number of hydrogen-bond acceptors (Lipinski definition) is 0. The minimum atomic E-state index is 0.224. The van der Waals surface area contributed by atoms with Crippen molar-refractivity contribution in [3.05, 3.63) is 107 Å². The first-order valence-electron chi connectivity index (χ1n) is 8.74. The molecule has 28 heavy (non-hydrogen) atoms. The third kappa shape index (κ3) is 4.91. The van der Waals surface area contributed by atoms with Gasteiger partial charge in [0, 0.05) is 0 Å². The SMILES string of the molecule is Clc1ccc([Se]c2ccccc2-c2ccccc2[Se]c2ccc(Cl)cc2)cc1. The molecule has 0 radical (unpaired) electrons. The molecule has 0 atom stereocenters. The van der Waals surface area contributed by atoms with E-state index in [1.807, 2.05) is 24.3 Å². The van der Waals surface area contributed by atoms with Gasteiger partial charge in [0.15, 0.2) is 0 Å². The van der Waals surface area contributed by atoms with Crippen LogP contribution in [0.2, 0.25) is 10.0 Å². The summed E-state index contributed by atoms with van der Waals surface area (Å²) in [6.45, 7) is 0. The van der Waals surface area contributed by atoms with Crippen LogP contribution in [-0.4, -0.2) is 29.9 Å². The van der Waals surface area contributed by atoms with Crippen molar-refractivity contribution >= 4 is 71.0 Å². The number of hydrogen-bond donors (Lipinski definition) is 0. The molecule has 0 spiro atoms. The van der Waals surface area contributed by atoms with Gasteiger partial charge in [-0.1, -0.05) is 0 Å². The summed E-state index contributed by atoms with van der Waals surface area (Å²) in [5, 5.41) is 1.56. The third-order valence-corrected chi connectivity index (χ3v) is 9.20. The van der Waals surface area contributed by atoms with Gasteiger partial charge in [0.25, 0.3) is 0 Å². The fraction of sp³-hybridized carbons (Fsp3) is 0. The van der Waals surface area contributed by atoms with Gasteiger partial charge in [0.1, 0.15) is 0 Å². The zero-order valence-electron chi connectivity index (χ0n) is 14.8. The van der Waals surface area contributed by atoms with Crippen molar-refractivity contribution in [1.29, 1.82) is 0 Å². The average Bonchev–Trinajstić information content (AvgIpc) is 2.72. The Labute approximate surface area is 188 Å². The molecule has 138 valence electrons. The molecule has 0 N–H and O–H groups in total. The van der Waals surface area contributed by atoms with E-state index in [1.54, 1.807) is 0 Å². The Bertz CT molecular complexity index is 985. The maximum atomic E-state index is 6.05. The number of benzene rings is 4. The van der Waals surface area contributed by atoms with Crippen LogP contribution in [0.3, 0.4) is 0 Å². The zero-order valence-corrected chi connectivity index (χ0v) is 19.7. The zero-order chi connectivity index (χ0) is 19.3. The van der Waals surface area contributed by atoms with Crippen LogP contribution in [0.4, 0.5) is 0 Å². The molecule has 0 fully saturated rings. The van der Waals surface area contributed by atoms with Crippen molar-refractivity contribution in [2.24, 2.45) is 0 Å². The van der Waals surface area contributed by atoms with Crippen LogP contribution in [0.1, 0.15) is 0 Å². The second-order valence-corrected chi connectivity index (χ2v) is 11.7. The molecule has 0 nitrogen and oxygen atoms in total. The first kappa shape index (κ1) is 19.8. The molecular weight excluding hydrogens is 517 g/mol. The summed E-state index contributed by atoms with van der Waals surface area (Å²) in [6, 6.07) is 33.9. The molecule has 0 aliphatic heterocycles. The Morgan fingerprint density at radius 1 is 0.429 bits per heavy atom. The van der Waals surface area contributed by atoms with Crippen LogP contribution in [0.15, 0.2) is 97.1 Å².